The van der Waals surface area contributed by atoms with Crippen LogP contribution in [0.1, 0.15) is 56.9 Å². The number of hydrogen-bond donors (Lipinski definition) is 2. The molecule has 2 heterocycles. The van der Waals surface area contributed by atoms with Crippen LogP contribution in [-0.4, -0.2) is 56.1 Å². The second-order valence-corrected chi connectivity index (χ2v) is 7.56. The average molecular weight is 387 g/mol. The van der Waals surface area contributed by atoms with Crippen LogP contribution in [0.3, 0.4) is 0 Å². The molecule has 2 aliphatic rings. The predicted molar refractivity (Wildman–Crippen MR) is 113 cm³/mol. The maximum Gasteiger partial charge on any atom is 0.222 e. The summed E-state index contributed by atoms with van der Waals surface area (Å²) in [7, 11) is 0. The number of carbonyl (C=O) groups is 1. The molecule has 0 aliphatic carbocycles. The summed E-state index contributed by atoms with van der Waals surface area (Å²) in [6.45, 7) is 6.98. The van der Waals surface area contributed by atoms with Gasteiger partial charge in [0.25, 0.3) is 0 Å². The Balaban J connectivity index is 1.47. The minimum atomic E-state index is 0.316. The third kappa shape index (κ3) is 5.88. The monoisotopic (exact) mass is 386 g/mol. The zero-order chi connectivity index (χ0) is 19.6. The van der Waals surface area contributed by atoms with Crippen molar-refractivity contribution >= 4 is 11.9 Å². The normalized spacial score (nSPS) is 20.2. The maximum atomic E-state index is 12.1. The van der Waals surface area contributed by atoms with E-state index in [0.29, 0.717) is 18.2 Å². The van der Waals surface area contributed by atoms with Crippen molar-refractivity contribution in [1.29, 1.82) is 0 Å². The van der Waals surface area contributed by atoms with Gasteiger partial charge in [-0.25, -0.2) is 0 Å². The van der Waals surface area contributed by atoms with E-state index in [0.717, 1.165) is 76.7 Å². The van der Waals surface area contributed by atoms with Crippen molar-refractivity contribution in [2.75, 3.05) is 39.3 Å². The highest BCUT2D eigenvalue weighted by atomic mass is 16.5. The zero-order valence-electron chi connectivity index (χ0n) is 17.1. The third-order valence-corrected chi connectivity index (χ3v) is 5.47. The number of rotatable bonds is 7. The number of nitrogens with zero attached hydrogens (tertiary/aromatic N) is 2. The molecule has 154 valence electrons. The van der Waals surface area contributed by atoms with Crippen LogP contribution >= 0.6 is 0 Å². The van der Waals surface area contributed by atoms with Crippen LogP contribution in [0, 0.1) is 0 Å². The highest BCUT2D eigenvalue weighted by molar-refractivity contribution is 5.79. The molecule has 0 saturated carbocycles. The number of ether oxygens (including phenoxy) is 1. The van der Waals surface area contributed by atoms with Gasteiger partial charge in [0, 0.05) is 45.1 Å². The molecule has 6 nitrogen and oxygen atoms in total. The van der Waals surface area contributed by atoms with Gasteiger partial charge in [-0.2, -0.15) is 0 Å². The highest BCUT2D eigenvalue weighted by Gasteiger charge is 2.21. The first-order valence-corrected chi connectivity index (χ1v) is 10.8. The Morgan fingerprint density at radius 3 is 3.04 bits per heavy atom. The molecule has 1 aromatic rings. The molecule has 1 fully saturated rings. The molecule has 6 heteroatoms. The van der Waals surface area contributed by atoms with Gasteiger partial charge in [-0.3, -0.25) is 9.79 Å². The summed E-state index contributed by atoms with van der Waals surface area (Å²) in [6.07, 6.45) is 6.00. The predicted octanol–water partition coefficient (Wildman–Crippen LogP) is 2.90. The van der Waals surface area contributed by atoms with E-state index >= 15 is 0 Å². The molecule has 3 rings (SSSR count). The first-order chi connectivity index (χ1) is 13.8. The number of hydrogen-bond acceptors (Lipinski definition) is 3. The Morgan fingerprint density at radius 2 is 2.14 bits per heavy atom. The fourth-order valence-electron chi connectivity index (χ4n) is 3.90. The molecule has 2 N–H and O–H groups in total. The van der Waals surface area contributed by atoms with E-state index in [9.17, 15) is 4.79 Å². The molecule has 0 aromatic heterocycles. The van der Waals surface area contributed by atoms with Crippen molar-refractivity contribution in [2.24, 2.45) is 4.99 Å². The fourth-order valence-corrected chi connectivity index (χ4v) is 3.90. The molecule has 2 aliphatic heterocycles. The number of para-hydroxylation sites is 1. The molecule has 0 radical (unpaired) electrons. The lowest BCUT2D eigenvalue weighted by Gasteiger charge is -2.25. The molecule has 0 spiro atoms. The first-order valence-electron chi connectivity index (χ1n) is 10.8. The van der Waals surface area contributed by atoms with Crippen molar-refractivity contribution in [3.8, 4) is 5.75 Å². The summed E-state index contributed by atoms with van der Waals surface area (Å²) >= 11 is 0. The van der Waals surface area contributed by atoms with Crippen LogP contribution in [0.5, 0.6) is 5.75 Å². The number of aliphatic imine (C=N–C) groups is 1. The lowest BCUT2D eigenvalue weighted by atomic mass is 9.93. The molecule has 1 aromatic carbocycles. The summed E-state index contributed by atoms with van der Waals surface area (Å²) in [5, 5.41) is 6.75. The van der Waals surface area contributed by atoms with Crippen molar-refractivity contribution < 1.29 is 9.53 Å². The van der Waals surface area contributed by atoms with Crippen LogP contribution < -0.4 is 15.4 Å². The smallest absolute Gasteiger partial charge is 0.222 e. The van der Waals surface area contributed by atoms with Gasteiger partial charge >= 0.3 is 0 Å². The van der Waals surface area contributed by atoms with E-state index in [1.54, 1.807) is 0 Å². The Kier molecular flexibility index (Phi) is 8.00. The van der Waals surface area contributed by atoms with Gasteiger partial charge in [-0.05, 0) is 44.2 Å². The van der Waals surface area contributed by atoms with Crippen LogP contribution in [0.25, 0.3) is 0 Å². The van der Waals surface area contributed by atoms with Crippen LogP contribution in [0.2, 0.25) is 0 Å². The molecule has 1 atom stereocenters. The van der Waals surface area contributed by atoms with Crippen molar-refractivity contribution in [3.63, 3.8) is 0 Å². The highest BCUT2D eigenvalue weighted by Crippen LogP contribution is 2.33. The van der Waals surface area contributed by atoms with Crippen LogP contribution in [0.4, 0.5) is 0 Å². The molecule has 1 unspecified atom stereocenters. The summed E-state index contributed by atoms with van der Waals surface area (Å²) in [5.41, 5.74) is 1.26. The summed E-state index contributed by atoms with van der Waals surface area (Å²) < 4.78 is 5.75. The van der Waals surface area contributed by atoms with Gasteiger partial charge < -0.3 is 20.3 Å². The lowest BCUT2D eigenvalue weighted by molar-refractivity contribution is -0.130. The minimum Gasteiger partial charge on any atom is -0.493 e. The number of amides is 1. The number of benzene rings is 1. The second kappa shape index (κ2) is 10.9. The number of carbonyl (C=O) groups excluding carboxylic acids is 1. The number of likely N-dealkylation sites (tertiary alicyclic amines) is 1. The van der Waals surface area contributed by atoms with Crippen molar-refractivity contribution in [3.05, 3.63) is 29.8 Å². The van der Waals surface area contributed by atoms with E-state index in [2.05, 4.69) is 29.7 Å². The lowest BCUT2D eigenvalue weighted by Crippen LogP contribution is -2.39. The third-order valence-electron chi connectivity index (χ3n) is 5.47. The van der Waals surface area contributed by atoms with Gasteiger partial charge in [0.05, 0.1) is 6.61 Å². The van der Waals surface area contributed by atoms with Gasteiger partial charge in [0.1, 0.15) is 5.75 Å². The molecular formula is C22H34N4O2. The van der Waals surface area contributed by atoms with Gasteiger partial charge in [-0.1, -0.05) is 24.6 Å². The molecule has 28 heavy (non-hydrogen) atoms. The Labute approximate surface area is 168 Å². The SMILES string of the molecule is CCNC(=NCC1CCOc2ccccc21)NCCCN1CCCCCC1=O. The Hall–Kier alpha value is -2.24. The van der Waals surface area contributed by atoms with E-state index in [4.69, 9.17) is 9.73 Å². The number of nitrogens with one attached hydrogen (secondary N) is 2. The Morgan fingerprint density at radius 1 is 1.25 bits per heavy atom. The maximum absolute atomic E-state index is 12.1. The topological polar surface area (TPSA) is 66.0 Å². The minimum absolute atomic E-state index is 0.316. The van der Waals surface area contributed by atoms with E-state index < -0.39 is 0 Å². The van der Waals surface area contributed by atoms with Crippen LogP contribution in [0.15, 0.2) is 29.3 Å². The summed E-state index contributed by atoms with van der Waals surface area (Å²) in [4.78, 5) is 18.9. The molecule has 0 bridgehead atoms. The standard InChI is InChI=1S/C22H34N4O2/c1-2-23-22(24-13-8-15-26-14-7-3-4-11-21(26)27)25-17-18-12-16-28-20-10-6-5-9-19(18)20/h5-6,9-10,18H,2-4,7-8,11-17H2,1H3,(H2,23,24,25). The van der Waals surface area contributed by atoms with Crippen molar-refractivity contribution in [2.45, 2.75) is 51.4 Å². The summed E-state index contributed by atoms with van der Waals surface area (Å²) in [5.74, 6) is 2.56. The van der Waals surface area contributed by atoms with E-state index in [1.807, 2.05) is 17.0 Å². The zero-order valence-corrected chi connectivity index (χ0v) is 17.1. The Bertz CT molecular complexity index is 662. The number of guanidine groups is 1. The van der Waals surface area contributed by atoms with E-state index in [1.165, 1.54) is 12.0 Å². The molecule has 1 saturated heterocycles. The second-order valence-electron chi connectivity index (χ2n) is 7.56. The largest absolute Gasteiger partial charge is 0.493 e. The quantitative estimate of drug-likeness (QED) is 0.430. The first kappa shape index (κ1) is 20.5. The fraction of sp³-hybridized carbons (Fsp3) is 0.636. The summed E-state index contributed by atoms with van der Waals surface area (Å²) in [6, 6.07) is 8.27. The van der Waals surface area contributed by atoms with Gasteiger partial charge in [-0.15, -0.1) is 0 Å². The van der Waals surface area contributed by atoms with Gasteiger partial charge in [0.2, 0.25) is 5.91 Å². The van der Waals surface area contributed by atoms with Crippen molar-refractivity contribution in [1.82, 2.24) is 15.5 Å². The van der Waals surface area contributed by atoms with Crippen LogP contribution in [-0.2, 0) is 4.79 Å². The number of fused-ring (bicyclic) bond motifs is 1. The van der Waals surface area contributed by atoms with Gasteiger partial charge in [0.15, 0.2) is 5.96 Å². The van der Waals surface area contributed by atoms with E-state index in [-0.39, 0.29) is 0 Å². The molecular weight excluding hydrogens is 352 g/mol. The molecule has 1 amide bonds. The average Bonchev–Trinajstić information content (AvgIpc) is 2.93.